The van der Waals surface area contributed by atoms with E-state index in [1.165, 1.54) is 0 Å². The van der Waals surface area contributed by atoms with E-state index >= 15 is 0 Å². The molecule has 0 spiro atoms. The number of hydrogen-bond donors (Lipinski definition) is 1. The molecule has 0 aliphatic heterocycles. The lowest BCUT2D eigenvalue weighted by atomic mass is 10.1. The molecule has 0 atom stereocenters. The van der Waals surface area contributed by atoms with Crippen LogP contribution >= 0.6 is 11.6 Å². The highest BCUT2D eigenvalue weighted by molar-refractivity contribution is 6.30. The Morgan fingerprint density at radius 3 is 2.67 bits per heavy atom. The Kier molecular flexibility index (Phi) is 2.64. The summed E-state index contributed by atoms with van der Waals surface area (Å²) in [5, 5.41) is 5.11. The molecule has 90 valence electrons. The first-order valence-electron chi connectivity index (χ1n) is 5.56. The molecule has 3 rings (SSSR count). The van der Waals surface area contributed by atoms with Gasteiger partial charge in [0.2, 0.25) is 0 Å². The molecule has 4 nitrogen and oxygen atoms in total. The van der Waals surface area contributed by atoms with E-state index in [9.17, 15) is 0 Å². The Morgan fingerprint density at radius 1 is 1.11 bits per heavy atom. The molecule has 0 radical (unpaired) electrons. The van der Waals surface area contributed by atoms with E-state index in [4.69, 9.17) is 17.3 Å². The maximum absolute atomic E-state index is 5.85. The molecule has 2 N–H and O–H groups in total. The molecule has 18 heavy (non-hydrogen) atoms. The Bertz CT molecular complexity index is 688. The van der Waals surface area contributed by atoms with Crippen molar-refractivity contribution < 1.29 is 0 Å². The Hall–Kier alpha value is -2.07. The van der Waals surface area contributed by atoms with Gasteiger partial charge in [-0.25, -0.2) is 9.50 Å². The second kappa shape index (κ2) is 4.31. The maximum Gasteiger partial charge on any atom is 0.156 e. The summed E-state index contributed by atoms with van der Waals surface area (Å²) in [4.78, 5) is 4.43. The van der Waals surface area contributed by atoms with Crippen molar-refractivity contribution in [3.05, 3.63) is 59.0 Å². The number of nitrogens with zero attached hydrogens (tertiary/aromatic N) is 3. The lowest BCUT2D eigenvalue weighted by molar-refractivity contribution is 0.901. The summed E-state index contributed by atoms with van der Waals surface area (Å²) in [6.07, 6.45) is 2.44. The highest BCUT2D eigenvalue weighted by Crippen LogP contribution is 2.13. The zero-order valence-corrected chi connectivity index (χ0v) is 10.3. The fourth-order valence-corrected chi connectivity index (χ4v) is 1.93. The van der Waals surface area contributed by atoms with Crippen LogP contribution in [0.4, 0.5) is 5.69 Å². The van der Waals surface area contributed by atoms with Crippen molar-refractivity contribution in [1.82, 2.24) is 14.6 Å². The summed E-state index contributed by atoms with van der Waals surface area (Å²) in [7, 11) is 0. The molecular weight excluding hydrogens is 248 g/mol. The minimum atomic E-state index is 0.672. The van der Waals surface area contributed by atoms with Gasteiger partial charge in [-0.2, -0.15) is 5.10 Å². The van der Waals surface area contributed by atoms with E-state index in [0.717, 1.165) is 22.1 Å². The first kappa shape index (κ1) is 11.0. The molecule has 0 amide bonds. The molecule has 3 aromatic rings. The first-order chi connectivity index (χ1) is 8.70. The number of rotatable bonds is 2. The molecule has 0 aliphatic rings. The minimum Gasteiger partial charge on any atom is -0.397 e. The van der Waals surface area contributed by atoms with E-state index in [-0.39, 0.29) is 0 Å². The number of aromatic nitrogens is 3. The fraction of sp³-hybridized carbons (Fsp3) is 0.0769. The number of anilines is 1. The Morgan fingerprint density at radius 2 is 1.89 bits per heavy atom. The summed E-state index contributed by atoms with van der Waals surface area (Å²) in [6, 6.07) is 11.4. The number of nitrogen functional groups attached to an aromatic ring is 1. The van der Waals surface area contributed by atoms with Crippen LogP contribution < -0.4 is 5.73 Å². The van der Waals surface area contributed by atoms with Gasteiger partial charge in [0, 0.05) is 11.4 Å². The summed E-state index contributed by atoms with van der Waals surface area (Å²) >= 11 is 5.85. The number of halogens is 1. The summed E-state index contributed by atoms with van der Waals surface area (Å²) in [5.41, 5.74) is 8.30. The predicted octanol–water partition coefficient (Wildman–Crippen LogP) is 2.56. The fourth-order valence-electron chi connectivity index (χ4n) is 1.80. The topological polar surface area (TPSA) is 56.2 Å². The molecular formula is C13H11ClN4. The van der Waals surface area contributed by atoms with Gasteiger partial charge < -0.3 is 5.73 Å². The van der Waals surface area contributed by atoms with E-state index in [1.807, 2.05) is 36.4 Å². The number of benzene rings is 1. The molecule has 2 aromatic heterocycles. The van der Waals surface area contributed by atoms with Crippen molar-refractivity contribution >= 4 is 22.9 Å². The smallest absolute Gasteiger partial charge is 0.156 e. The number of hydrogen-bond acceptors (Lipinski definition) is 3. The SMILES string of the molecule is Nc1ccc2nc(Cc3ccc(Cl)cc3)nn2c1. The number of nitrogens with two attached hydrogens (primary N) is 1. The maximum atomic E-state index is 5.85. The van der Waals surface area contributed by atoms with Crippen LogP contribution in [0, 0.1) is 0 Å². The monoisotopic (exact) mass is 258 g/mol. The third-order valence-corrected chi connectivity index (χ3v) is 2.93. The van der Waals surface area contributed by atoms with Gasteiger partial charge >= 0.3 is 0 Å². The van der Waals surface area contributed by atoms with Crippen molar-refractivity contribution in [2.24, 2.45) is 0 Å². The van der Waals surface area contributed by atoms with Crippen molar-refractivity contribution in [1.29, 1.82) is 0 Å². The second-order valence-corrected chi connectivity index (χ2v) is 4.53. The van der Waals surface area contributed by atoms with Crippen LogP contribution in [0.25, 0.3) is 5.65 Å². The van der Waals surface area contributed by atoms with Crippen LogP contribution in [0.1, 0.15) is 11.4 Å². The average molecular weight is 259 g/mol. The zero-order valence-electron chi connectivity index (χ0n) is 9.55. The summed E-state index contributed by atoms with van der Waals surface area (Å²) < 4.78 is 1.70. The molecule has 0 bridgehead atoms. The van der Waals surface area contributed by atoms with Crippen molar-refractivity contribution in [2.75, 3.05) is 5.73 Å². The lowest BCUT2D eigenvalue weighted by Crippen LogP contribution is -1.93. The summed E-state index contributed by atoms with van der Waals surface area (Å²) in [6.45, 7) is 0. The second-order valence-electron chi connectivity index (χ2n) is 4.10. The van der Waals surface area contributed by atoms with Crippen LogP contribution in [0.5, 0.6) is 0 Å². The normalized spacial score (nSPS) is 10.9. The quantitative estimate of drug-likeness (QED) is 0.769. The van der Waals surface area contributed by atoms with Crippen LogP contribution in [0.3, 0.4) is 0 Å². The lowest BCUT2D eigenvalue weighted by Gasteiger charge is -1.96. The molecule has 0 fully saturated rings. The molecule has 2 heterocycles. The summed E-state index contributed by atoms with van der Waals surface area (Å²) in [5.74, 6) is 0.767. The van der Waals surface area contributed by atoms with Crippen molar-refractivity contribution in [3.63, 3.8) is 0 Å². The number of pyridine rings is 1. The van der Waals surface area contributed by atoms with Gasteiger partial charge in [0.1, 0.15) is 0 Å². The highest BCUT2D eigenvalue weighted by Gasteiger charge is 2.04. The molecule has 0 unspecified atom stereocenters. The zero-order chi connectivity index (χ0) is 12.5. The number of fused-ring (bicyclic) bond motifs is 1. The predicted molar refractivity (Wildman–Crippen MR) is 71.7 cm³/mol. The van der Waals surface area contributed by atoms with Gasteiger partial charge in [-0.1, -0.05) is 23.7 Å². The van der Waals surface area contributed by atoms with Gasteiger partial charge in [-0.3, -0.25) is 0 Å². The molecule has 1 aromatic carbocycles. The van der Waals surface area contributed by atoms with Gasteiger partial charge in [-0.15, -0.1) is 0 Å². The standard InChI is InChI=1S/C13H11ClN4/c14-10-3-1-9(2-4-10)7-12-16-13-6-5-11(15)8-18(13)17-12/h1-6,8H,7,15H2. The third kappa shape index (κ3) is 2.15. The Balaban J connectivity index is 1.92. The minimum absolute atomic E-state index is 0.672. The van der Waals surface area contributed by atoms with Crippen LogP contribution in [-0.2, 0) is 6.42 Å². The van der Waals surface area contributed by atoms with Gasteiger partial charge in [-0.05, 0) is 29.8 Å². The molecule has 0 aliphatic carbocycles. The van der Waals surface area contributed by atoms with Crippen LogP contribution in [-0.4, -0.2) is 14.6 Å². The van der Waals surface area contributed by atoms with E-state index in [1.54, 1.807) is 10.7 Å². The van der Waals surface area contributed by atoms with Crippen LogP contribution in [0.2, 0.25) is 5.02 Å². The largest absolute Gasteiger partial charge is 0.397 e. The first-order valence-corrected chi connectivity index (χ1v) is 5.94. The van der Waals surface area contributed by atoms with Gasteiger partial charge in [0.15, 0.2) is 11.5 Å². The molecule has 5 heteroatoms. The van der Waals surface area contributed by atoms with Gasteiger partial charge in [0.25, 0.3) is 0 Å². The van der Waals surface area contributed by atoms with E-state index in [2.05, 4.69) is 10.1 Å². The molecule has 0 saturated carbocycles. The molecule has 0 saturated heterocycles. The average Bonchev–Trinajstić information content (AvgIpc) is 2.73. The van der Waals surface area contributed by atoms with Crippen molar-refractivity contribution in [2.45, 2.75) is 6.42 Å². The van der Waals surface area contributed by atoms with E-state index in [0.29, 0.717) is 12.1 Å². The van der Waals surface area contributed by atoms with Crippen LogP contribution in [0.15, 0.2) is 42.6 Å². The van der Waals surface area contributed by atoms with Crippen molar-refractivity contribution in [3.8, 4) is 0 Å². The Labute approximate surface area is 109 Å². The highest BCUT2D eigenvalue weighted by atomic mass is 35.5. The van der Waals surface area contributed by atoms with E-state index < -0.39 is 0 Å². The third-order valence-electron chi connectivity index (χ3n) is 2.67. The van der Waals surface area contributed by atoms with Gasteiger partial charge in [0.05, 0.1) is 11.9 Å².